The first-order chi connectivity index (χ1) is 8.27. The Hall–Kier alpha value is -0.960. The minimum Gasteiger partial charge on any atom is -0.323 e. The van der Waals surface area contributed by atoms with Crippen LogP contribution in [0.2, 0.25) is 0 Å². The van der Waals surface area contributed by atoms with Crippen LogP contribution in [-0.2, 0) is 4.79 Å². The van der Waals surface area contributed by atoms with Gasteiger partial charge in [-0.3, -0.25) is 9.79 Å². The number of rotatable bonds is 1. The van der Waals surface area contributed by atoms with Crippen LogP contribution >= 0.6 is 0 Å². The Labute approximate surface area is 103 Å². The van der Waals surface area contributed by atoms with Gasteiger partial charge in [0, 0.05) is 12.5 Å². The molecule has 0 heterocycles. The second-order valence-electron chi connectivity index (χ2n) is 5.06. The lowest BCUT2D eigenvalue weighted by molar-refractivity contribution is -0.113. The standard InChI is InChI=1S/C14H22N2O/c15-11-7-3-1-2-4-8-12(11)16-13-9-5-6-10-14(13)17/h3,7,11-12H,1-2,4-6,8-10,15H2/b7-3+,16-13?. The van der Waals surface area contributed by atoms with Gasteiger partial charge in [-0.05, 0) is 38.5 Å². The number of hydrogen-bond acceptors (Lipinski definition) is 3. The summed E-state index contributed by atoms with van der Waals surface area (Å²) in [5.41, 5.74) is 6.90. The van der Waals surface area contributed by atoms with Crippen molar-refractivity contribution < 1.29 is 4.79 Å². The third-order valence-corrected chi connectivity index (χ3v) is 3.63. The fourth-order valence-corrected chi connectivity index (χ4v) is 2.54. The van der Waals surface area contributed by atoms with E-state index in [4.69, 9.17) is 5.73 Å². The average Bonchev–Trinajstić information content (AvgIpc) is 2.31. The van der Waals surface area contributed by atoms with Crippen molar-refractivity contribution in [2.24, 2.45) is 10.7 Å². The largest absolute Gasteiger partial charge is 0.323 e. The monoisotopic (exact) mass is 234 g/mol. The van der Waals surface area contributed by atoms with Crippen LogP contribution in [0.4, 0.5) is 0 Å². The van der Waals surface area contributed by atoms with Gasteiger partial charge in [0.1, 0.15) is 0 Å². The first-order valence-electron chi connectivity index (χ1n) is 6.79. The molecule has 0 bridgehead atoms. The molecule has 0 amide bonds. The van der Waals surface area contributed by atoms with Crippen molar-refractivity contribution >= 4 is 11.5 Å². The highest BCUT2D eigenvalue weighted by Crippen LogP contribution is 2.18. The molecule has 2 unspecified atom stereocenters. The number of allylic oxidation sites excluding steroid dienone is 1. The molecule has 0 aromatic rings. The van der Waals surface area contributed by atoms with Gasteiger partial charge in [-0.1, -0.05) is 18.6 Å². The summed E-state index contributed by atoms with van der Waals surface area (Å²) in [6, 6.07) is 0.0983. The van der Waals surface area contributed by atoms with E-state index in [0.29, 0.717) is 6.42 Å². The molecule has 94 valence electrons. The topological polar surface area (TPSA) is 55.4 Å². The Morgan fingerprint density at radius 2 is 2.00 bits per heavy atom. The summed E-state index contributed by atoms with van der Waals surface area (Å²) in [6.45, 7) is 0. The quantitative estimate of drug-likeness (QED) is 0.708. The van der Waals surface area contributed by atoms with Crippen molar-refractivity contribution in [3.8, 4) is 0 Å². The van der Waals surface area contributed by atoms with Crippen LogP contribution in [0.5, 0.6) is 0 Å². The minimum atomic E-state index is -0.0162. The Balaban J connectivity index is 2.08. The third kappa shape index (κ3) is 3.50. The SMILES string of the molecule is NC1/C=C/CCCCC1N=C1CCCCC1=O. The van der Waals surface area contributed by atoms with E-state index >= 15 is 0 Å². The number of nitrogens with zero attached hydrogens (tertiary/aromatic N) is 1. The van der Waals surface area contributed by atoms with E-state index in [0.717, 1.165) is 44.2 Å². The molecule has 1 saturated carbocycles. The fraction of sp³-hybridized carbons (Fsp3) is 0.714. The van der Waals surface area contributed by atoms with Gasteiger partial charge in [-0.2, -0.15) is 0 Å². The van der Waals surface area contributed by atoms with E-state index in [-0.39, 0.29) is 17.9 Å². The Kier molecular flexibility index (Phi) is 4.49. The van der Waals surface area contributed by atoms with Gasteiger partial charge < -0.3 is 5.73 Å². The highest BCUT2D eigenvalue weighted by atomic mass is 16.1. The van der Waals surface area contributed by atoms with Gasteiger partial charge in [0.2, 0.25) is 0 Å². The summed E-state index contributed by atoms with van der Waals surface area (Å²) < 4.78 is 0. The summed E-state index contributed by atoms with van der Waals surface area (Å²) in [7, 11) is 0. The van der Waals surface area contributed by atoms with Crippen molar-refractivity contribution in [1.29, 1.82) is 0 Å². The predicted octanol–water partition coefficient (Wildman–Crippen LogP) is 2.40. The summed E-state index contributed by atoms with van der Waals surface area (Å²) >= 11 is 0. The van der Waals surface area contributed by atoms with Gasteiger partial charge >= 0.3 is 0 Å². The number of Topliss-reactive ketones (excluding diaryl/α,β-unsaturated/α-hetero) is 1. The van der Waals surface area contributed by atoms with Gasteiger partial charge in [0.05, 0.1) is 11.8 Å². The zero-order valence-corrected chi connectivity index (χ0v) is 10.4. The Bertz CT molecular complexity index is 333. The zero-order chi connectivity index (χ0) is 12.1. The van der Waals surface area contributed by atoms with Crippen LogP contribution in [0.15, 0.2) is 17.1 Å². The lowest BCUT2D eigenvalue weighted by Crippen LogP contribution is -2.34. The molecular weight excluding hydrogens is 212 g/mol. The maximum atomic E-state index is 11.7. The van der Waals surface area contributed by atoms with Gasteiger partial charge in [-0.15, -0.1) is 0 Å². The lowest BCUT2D eigenvalue weighted by Gasteiger charge is -2.22. The summed E-state index contributed by atoms with van der Waals surface area (Å²) in [5.74, 6) is 0.245. The van der Waals surface area contributed by atoms with Crippen molar-refractivity contribution in [3.63, 3.8) is 0 Å². The predicted molar refractivity (Wildman–Crippen MR) is 70.3 cm³/mol. The van der Waals surface area contributed by atoms with E-state index in [1.165, 1.54) is 6.42 Å². The van der Waals surface area contributed by atoms with Gasteiger partial charge in [0.25, 0.3) is 0 Å². The van der Waals surface area contributed by atoms with Crippen molar-refractivity contribution in [1.82, 2.24) is 0 Å². The normalized spacial score (nSPS) is 35.4. The van der Waals surface area contributed by atoms with Crippen LogP contribution in [-0.4, -0.2) is 23.6 Å². The summed E-state index contributed by atoms with van der Waals surface area (Å²) in [4.78, 5) is 16.4. The van der Waals surface area contributed by atoms with Crippen LogP contribution in [0, 0.1) is 0 Å². The first-order valence-corrected chi connectivity index (χ1v) is 6.79. The van der Waals surface area contributed by atoms with Crippen LogP contribution < -0.4 is 5.73 Å². The number of hydrogen-bond donors (Lipinski definition) is 1. The molecule has 0 radical (unpaired) electrons. The van der Waals surface area contributed by atoms with E-state index in [2.05, 4.69) is 17.1 Å². The minimum absolute atomic E-state index is 0.0162. The van der Waals surface area contributed by atoms with Gasteiger partial charge in [-0.25, -0.2) is 0 Å². The highest BCUT2D eigenvalue weighted by Gasteiger charge is 2.21. The highest BCUT2D eigenvalue weighted by molar-refractivity contribution is 6.40. The fourth-order valence-electron chi connectivity index (χ4n) is 2.54. The molecule has 0 aromatic carbocycles. The molecule has 2 N–H and O–H groups in total. The third-order valence-electron chi connectivity index (χ3n) is 3.63. The molecule has 3 heteroatoms. The molecule has 3 nitrogen and oxygen atoms in total. The van der Waals surface area contributed by atoms with Crippen molar-refractivity contribution in [2.75, 3.05) is 0 Å². The van der Waals surface area contributed by atoms with Crippen LogP contribution in [0.1, 0.15) is 51.4 Å². The van der Waals surface area contributed by atoms with Crippen molar-refractivity contribution in [2.45, 2.75) is 63.5 Å². The average molecular weight is 234 g/mol. The molecule has 0 spiro atoms. The molecular formula is C14H22N2O. The maximum absolute atomic E-state index is 11.7. The molecule has 1 fully saturated rings. The van der Waals surface area contributed by atoms with E-state index < -0.39 is 0 Å². The number of carbonyl (C=O) groups excluding carboxylic acids is 1. The smallest absolute Gasteiger partial charge is 0.176 e. The molecule has 2 aliphatic rings. The maximum Gasteiger partial charge on any atom is 0.176 e. The molecule has 2 atom stereocenters. The molecule has 2 rings (SSSR count). The molecule has 0 saturated heterocycles. The van der Waals surface area contributed by atoms with E-state index in [9.17, 15) is 4.79 Å². The number of ketones is 1. The van der Waals surface area contributed by atoms with Gasteiger partial charge in [0.15, 0.2) is 5.78 Å². The van der Waals surface area contributed by atoms with Crippen molar-refractivity contribution in [3.05, 3.63) is 12.2 Å². The second-order valence-corrected chi connectivity index (χ2v) is 5.06. The Morgan fingerprint density at radius 1 is 1.18 bits per heavy atom. The number of nitrogens with two attached hydrogens (primary N) is 1. The number of aliphatic imine (C=N–C) groups is 1. The van der Waals surface area contributed by atoms with E-state index in [1.54, 1.807) is 0 Å². The lowest BCUT2D eigenvalue weighted by atomic mass is 9.94. The molecule has 17 heavy (non-hydrogen) atoms. The van der Waals surface area contributed by atoms with E-state index in [1.807, 2.05) is 0 Å². The first kappa shape index (κ1) is 12.5. The molecule has 0 aromatic heterocycles. The zero-order valence-electron chi connectivity index (χ0n) is 10.4. The van der Waals surface area contributed by atoms with Crippen LogP contribution in [0.25, 0.3) is 0 Å². The Morgan fingerprint density at radius 3 is 2.82 bits per heavy atom. The molecule has 0 aliphatic heterocycles. The summed E-state index contributed by atoms with van der Waals surface area (Å²) in [6.07, 6.45) is 12.4. The summed E-state index contributed by atoms with van der Waals surface area (Å²) in [5, 5.41) is 0. The van der Waals surface area contributed by atoms with Crippen LogP contribution in [0.3, 0.4) is 0 Å². The second kappa shape index (κ2) is 6.10. The number of carbonyl (C=O) groups is 1. The molecule has 2 aliphatic carbocycles.